The quantitative estimate of drug-likeness (QED) is 0.353. The van der Waals surface area contributed by atoms with Gasteiger partial charge in [0.15, 0.2) is 5.96 Å². The number of methoxy groups -OCH3 is 1. The molecule has 142 valence electrons. The van der Waals surface area contributed by atoms with Gasteiger partial charge in [-0.3, -0.25) is 4.99 Å². The highest BCUT2D eigenvalue weighted by Crippen LogP contribution is 2.18. The van der Waals surface area contributed by atoms with Crippen LogP contribution >= 0.6 is 24.0 Å². The summed E-state index contributed by atoms with van der Waals surface area (Å²) < 4.78 is 10.8. The van der Waals surface area contributed by atoms with Gasteiger partial charge < -0.3 is 20.1 Å². The molecule has 0 radical (unpaired) electrons. The summed E-state index contributed by atoms with van der Waals surface area (Å²) in [6, 6.07) is 16.1. The molecule has 2 aromatic carbocycles. The third kappa shape index (κ3) is 7.11. The summed E-state index contributed by atoms with van der Waals surface area (Å²) in [5.74, 6) is 2.59. The molecule has 0 spiro atoms. The maximum absolute atomic E-state index is 5.66. The van der Waals surface area contributed by atoms with Crippen LogP contribution in [0.2, 0.25) is 0 Å². The van der Waals surface area contributed by atoms with Gasteiger partial charge in [0, 0.05) is 20.1 Å². The number of rotatable bonds is 8. The van der Waals surface area contributed by atoms with Crippen molar-refractivity contribution in [2.75, 3.05) is 27.3 Å². The molecule has 6 heteroatoms. The first-order chi connectivity index (χ1) is 12.3. The number of benzene rings is 2. The molecule has 0 bridgehead atoms. The molecular weight excluding hydrogens is 441 g/mol. The molecule has 0 unspecified atom stereocenters. The lowest BCUT2D eigenvalue weighted by Gasteiger charge is -2.14. The zero-order valence-corrected chi connectivity index (χ0v) is 17.9. The van der Waals surface area contributed by atoms with E-state index >= 15 is 0 Å². The van der Waals surface area contributed by atoms with Crippen LogP contribution in [0.25, 0.3) is 0 Å². The van der Waals surface area contributed by atoms with E-state index in [1.807, 2.05) is 49.4 Å². The van der Waals surface area contributed by atoms with Gasteiger partial charge in [0.2, 0.25) is 0 Å². The Hall–Kier alpha value is -1.96. The van der Waals surface area contributed by atoms with Crippen molar-refractivity contribution in [1.82, 2.24) is 10.6 Å². The summed E-state index contributed by atoms with van der Waals surface area (Å²) in [5.41, 5.74) is 2.37. The van der Waals surface area contributed by atoms with E-state index in [0.717, 1.165) is 30.4 Å². The van der Waals surface area contributed by atoms with Crippen molar-refractivity contribution >= 4 is 29.9 Å². The summed E-state index contributed by atoms with van der Waals surface area (Å²) in [4.78, 5) is 4.27. The average molecular weight is 469 g/mol. The van der Waals surface area contributed by atoms with Gasteiger partial charge in [0.1, 0.15) is 11.5 Å². The highest BCUT2D eigenvalue weighted by Gasteiger charge is 2.03. The van der Waals surface area contributed by atoms with Crippen molar-refractivity contribution in [3.63, 3.8) is 0 Å². The third-order valence-electron chi connectivity index (χ3n) is 3.80. The monoisotopic (exact) mass is 469 g/mol. The zero-order valence-electron chi connectivity index (χ0n) is 15.6. The summed E-state index contributed by atoms with van der Waals surface area (Å²) in [5, 5.41) is 6.65. The van der Waals surface area contributed by atoms with Crippen molar-refractivity contribution < 1.29 is 9.47 Å². The van der Waals surface area contributed by atoms with Crippen LogP contribution in [0, 0.1) is 0 Å². The number of hydrogen-bond donors (Lipinski definition) is 2. The second-order valence-electron chi connectivity index (χ2n) is 5.49. The molecule has 2 N–H and O–H groups in total. The van der Waals surface area contributed by atoms with Crippen molar-refractivity contribution in [2.45, 2.75) is 19.9 Å². The van der Waals surface area contributed by atoms with Crippen LogP contribution in [-0.2, 0) is 13.0 Å². The van der Waals surface area contributed by atoms with Gasteiger partial charge in [-0.1, -0.05) is 30.3 Å². The van der Waals surface area contributed by atoms with Crippen LogP contribution in [0.3, 0.4) is 0 Å². The molecule has 0 saturated carbocycles. The summed E-state index contributed by atoms with van der Waals surface area (Å²) in [6.45, 7) is 4.17. The van der Waals surface area contributed by atoms with Gasteiger partial charge >= 0.3 is 0 Å². The maximum atomic E-state index is 5.66. The Morgan fingerprint density at radius 1 is 1.04 bits per heavy atom. The molecule has 0 saturated heterocycles. The molecule has 0 amide bonds. The number of guanidine groups is 1. The van der Waals surface area contributed by atoms with Crippen molar-refractivity contribution in [3.8, 4) is 11.5 Å². The minimum absolute atomic E-state index is 0. The molecule has 0 aliphatic rings. The van der Waals surface area contributed by atoms with Gasteiger partial charge in [-0.25, -0.2) is 0 Å². The number of halogens is 1. The molecule has 26 heavy (non-hydrogen) atoms. The summed E-state index contributed by atoms with van der Waals surface area (Å²) in [6.07, 6.45) is 0.874. The highest BCUT2D eigenvalue weighted by molar-refractivity contribution is 14.0. The second kappa shape index (κ2) is 12.4. The van der Waals surface area contributed by atoms with Crippen LogP contribution in [0.5, 0.6) is 11.5 Å². The standard InChI is InChI=1S/C20H27N3O2.HI/c1-4-25-19-8-6-5-7-17(19)13-14-22-20(21-2)23-15-16-9-11-18(24-3)12-10-16;/h5-12H,4,13-15H2,1-3H3,(H2,21,22,23);1H. The van der Waals surface area contributed by atoms with Crippen molar-refractivity contribution in [2.24, 2.45) is 4.99 Å². The second-order valence-corrected chi connectivity index (χ2v) is 5.49. The Morgan fingerprint density at radius 3 is 2.42 bits per heavy atom. The normalized spacial score (nSPS) is 10.7. The predicted octanol–water partition coefficient (Wildman–Crippen LogP) is 3.62. The van der Waals surface area contributed by atoms with Crippen LogP contribution in [0.15, 0.2) is 53.5 Å². The smallest absolute Gasteiger partial charge is 0.191 e. The van der Waals surface area contributed by atoms with E-state index < -0.39 is 0 Å². The van der Waals surface area contributed by atoms with E-state index in [1.165, 1.54) is 11.1 Å². The first-order valence-electron chi connectivity index (χ1n) is 8.55. The first kappa shape index (κ1) is 22.1. The Morgan fingerprint density at radius 2 is 1.77 bits per heavy atom. The molecule has 0 aliphatic carbocycles. The SMILES string of the molecule is CCOc1ccccc1CCNC(=NC)NCc1ccc(OC)cc1.I. The van der Waals surface area contributed by atoms with Gasteiger partial charge in [-0.05, 0) is 42.7 Å². The van der Waals surface area contributed by atoms with E-state index in [-0.39, 0.29) is 24.0 Å². The van der Waals surface area contributed by atoms with Crippen molar-refractivity contribution in [1.29, 1.82) is 0 Å². The van der Waals surface area contributed by atoms with Crippen LogP contribution < -0.4 is 20.1 Å². The van der Waals surface area contributed by atoms with E-state index in [0.29, 0.717) is 13.2 Å². The van der Waals surface area contributed by atoms with Crippen molar-refractivity contribution in [3.05, 3.63) is 59.7 Å². The maximum Gasteiger partial charge on any atom is 0.191 e. The van der Waals surface area contributed by atoms with Gasteiger partial charge in [-0.15, -0.1) is 24.0 Å². The molecule has 5 nitrogen and oxygen atoms in total. The summed E-state index contributed by atoms with van der Waals surface area (Å²) in [7, 11) is 3.44. The lowest BCUT2D eigenvalue weighted by Crippen LogP contribution is -2.37. The molecule has 0 atom stereocenters. The predicted molar refractivity (Wildman–Crippen MR) is 118 cm³/mol. The molecule has 2 aromatic rings. The van der Waals surface area contributed by atoms with Gasteiger partial charge in [-0.2, -0.15) is 0 Å². The Bertz CT molecular complexity index is 675. The molecule has 0 heterocycles. The fourth-order valence-corrected chi connectivity index (χ4v) is 2.47. The third-order valence-corrected chi connectivity index (χ3v) is 3.80. The van der Waals surface area contributed by atoms with Gasteiger partial charge in [0.05, 0.1) is 13.7 Å². The number of nitrogens with one attached hydrogen (secondary N) is 2. The largest absolute Gasteiger partial charge is 0.497 e. The van der Waals surface area contributed by atoms with Crippen LogP contribution in [0.1, 0.15) is 18.1 Å². The molecule has 2 rings (SSSR count). The minimum atomic E-state index is 0. The van der Waals surface area contributed by atoms with E-state index in [9.17, 15) is 0 Å². The first-order valence-corrected chi connectivity index (χ1v) is 8.55. The molecule has 0 fully saturated rings. The van der Waals surface area contributed by atoms with Crippen LogP contribution in [0.4, 0.5) is 0 Å². The number of ether oxygens (including phenoxy) is 2. The lowest BCUT2D eigenvalue weighted by atomic mass is 10.1. The number of para-hydroxylation sites is 1. The molecule has 0 aromatic heterocycles. The topological polar surface area (TPSA) is 54.9 Å². The van der Waals surface area contributed by atoms with E-state index in [4.69, 9.17) is 9.47 Å². The fourth-order valence-electron chi connectivity index (χ4n) is 2.47. The van der Waals surface area contributed by atoms with Crippen LogP contribution in [-0.4, -0.2) is 33.3 Å². The highest BCUT2D eigenvalue weighted by atomic mass is 127. The van der Waals surface area contributed by atoms with E-state index in [1.54, 1.807) is 14.2 Å². The fraction of sp³-hybridized carbons (Fsp3) is 0.350. The number of hydrogen-bond acceptors (Lipinski definition) is 3. The zero-order chi connectivity index (χ0) is 17.9. The molecular formula is C20H28IN3O2. The summed E-state index contributed by atoms with van der Waals surface area (Å²) >= 11 is 0. The van der Waals surface area contributed by atoms with Gasteiger partial charge in [0.25, 0.3) is 0 Å². The Balaban J connectivity index is 0.00000338. The number of aliphatic imine (C=N–C) groups is 1. The Kier molecular flexibility index (Phi) is 10.5. The average Bonchev–Trinajstić information content (AvgIpc) is 2.66. The Labute approximate surface area is 173 Å². The lowest BCUT2D eigenvalue weighted by molar-refractivity contribution is 0.336. The number of nitrogens with zero attached hydrogens (tertiary/aromatic N) is 1. The molecule has 0 aliphatic heterocycles. The minimum Gasteiger partial charge on any atom is -0.497 e. The van der Waals surface area contributed by atoms with E-state index in [2.05, 4.69) is 21.7 Å².